The van der Waals surface area contributed by atoms with Gasteiger partial charge < -0.3 is 16.4 Å². The van der Waals surface area contributed by atoms with Crippen molar-refractivity contribution >= 4 is 40.7 Å². The number of carbonyl (C=O) groups excluding carboxylic acids is 1. The SMILES string of the molecule is NC(=O)CSc1ccccc1NC(=S)NCc1ccccc1. The second-order valence-electron chi connectivity index (χ2n) is 4.54. The van der Waals surface area contributed by atoms with E-state index in [0.29, 0.717) is 11.7 Å². The first-order chi connectivity index (χ1) is 10.6. The van der Waals surface area contributed by atoms with Crippen molar-refractivity contribution in [3.05, 3.63) is 60.2 Å². The highest BCUT2D eigenvalue weighted by Crippen LogP contribution is 2.26. The van der Waals surface area contributed by atoms with Crippen LogP contribution in [0.25, 0.3) is 0 Å². The molecule has 2 rings (SSSR count). The van der Waals surface area contributed by atoms with Gasteiger partial charge in [0.1, 0.15) is 0 Å². The van der Waals surface area contributed by atoms with Gasteiger partial charge in [0.05, 0.1) is 11.4 Å². The summed E-state index contributed by atoms with van der Waals surface area (Å²) in [6, 6.07) is 17.7. The average molecular weight is 331 g/mol. The minimum atomic E-state index is -0.343. The molecule has 0 radical (unpaired) electrons. The molecule has 0 spiro atoms. The molecule has 0 aliphatic rings. The molecule has 2 aromatic rings. The van der Waals surface area contributed by atoms with Crippen LogP contribution < -0.4 is 16.4 Å². The Hall–Kier alpha value is -2.05. The number of thioether (sulfide) groups is 1. The van der Waals surface area contributed by atoms with Crippen molar-refractivity contribution in [1.82, 2.24) is 5.32 Å². The van der Waals surface area contributed by atoms with Crippen LogP contribution in [-0.2, 0) is 11.3 Å². The summed E-state index contributed by atoms with van der Waals surface area (Å²) in [4.78, 5) is 11.8. The average Bonchev–Trinajstić information content (AvgIpc) is 2.53. The van der Waals surface area contributed by atoms with Crippen LogP contribution in [0.2, 0.25) is 0 Å². The Bertz CT molecular complexity index is 647. The predicted octanol–water partition coefficient (Wildman–Crippen LogP) is 2.75. The summed E-state index contributed by atoms with van der Waals surface area (Å²) >= 11 is 6.69. The first-order valence-electron chi connectivity index (χ1n) is 6.74. The fraction of sp³-hybridized carbons (Fsp3) is 0.125. The number of hydrogen-bond acceptors (Lipinski definition) is 3. The van der Waals surface area contributed by atoms with Gasteiger partial charge in [-0.3, -0.25) is 4.79 Å². The molecule has 0 saturated carbocycles. The van der Waals surface area contributed by atoms with Crippen LogP contribution in [0.3, 0.4) is 0 Å². The Morgan fingerprint density at radius 2 is 1.77 bits per heavy atom. The van der Waals surface area contributed by atoms with Crippen molar-refractivity contribution in [1.29, 1.82) is 0 Å². The molecular formula is C16H17N3OS2. The van der Waals surface area contributed by atoms with E-state index in [-0.39, 0.29) is 11.7 Å². The Labute approximate surface area is 139 Å². The zero-order valence-electron chi connectivity index (χ0n) is 11.9. The molecule has 0 fully saturated rings. The van der Waals surface area contributed by atoms with Gasteiger partial charge in [-0.05, 0) is 29.9 Å². The number of thiocarbonyl (C=S) groups is 1. The van der Waals surface area contributed by atoms with Gasteiger partial charge in [0.2, 0.25) is 5.91 Å². The first kappa shape index (κ1) is 16.3. The third kappa shape index (κ3) is 5.38. The lowest BCUT2D eigenvalue weighted by molar-refractivity contribution is -0.115. The number of hydrogen-bond donors (Lipinski definition) is 3. The number of para-hydroxylation sites is 1. The highest BCUT2D eigenvalue weighted by Gasteiger charge is 2.06. The van der Waals surface area contributed by atoms with E-state index in [0.717, 1.165) is 16.1 Å². The standard InChI is InChI=1S/C16H17N3OS2/c17-15(20)11-22-14-9-5-4-8-13(14)19-16(21)18-10-12-6-2-1-3-7-12/h1-9H,10-11H2,(H2,17,20)(H2,18,19,21). The van der Waals surface area contributed by atoms with E-state index in [1.54, 1.807) is 0 Å². The summed E-state index contributed by atoms with van der Waals surface area (Å²) in [7, 11) is 0. The number of anilines is 1. The molecule has 0 heterocycles. The smallest absolute Gasteiger partial charge is 0.227 e. The maximum absolute atomic E-state index is 10.9. The van der Waals surface area contributed by atoms with E-state index in [9.17, 15) is 4.79 Å². The van der Waals surface area contributed by atoms with Gasteiger partial charge in [0.15, 0.2) is 5.11 Å². The molecule has 114 valence electrons. The van der Waals surface area contributed by atoms with Gasteiger partial charge in [-0.15, -0.1) is 11.8 Å². The van der Waals surface area contributed by atoms with Crippen LogP contribution in [-0.4, -0.2) is 16.8 Å². The van der Waals surface area contributed by atoms with E-state index < -0.39 is 0 Å². The third-order valence-corrected chi connectivity index (χ3v) is 4.14. The summed E-state index contributed by atoms with van der Waals surface area (Å²) < 4.78 is 0. The molecule has 4 N–H and O–H groups in total. The minimum Gasteiger partial charge on any atom is -0.369 e. The van der Waals surface area contributed by atoms with E-state index >= 15 is 0 Å². The summed E-state index contributed by atoms with van der Waals surface area (Å²) in [5, 5.41) is 6.85. The lowest BCUT2D eigenvalue weighted by atomic mass is 10.2. The molecule has 0 saturated heterocycles. The number of rotatable bonds is 6. The van der Waals surface area contributed by atoms with Crippen LogP contribution in [0, 0.1) is 0 Å². The van der Waals surface area contributed by atoms with Crippen molar-refractivity contribution in [3.8, 4) is 0 Å². The van der Waals surface area contributed by atoms with E-state index in [2.05, 4.69) is 10.6 Å². The third-order valence-electron chi connectivity index (χ3n) is 2.80. The van der Waals surface area contributed by atoms with Crippen molar-refractivity contribution in [2.45, 2.75) is 11.4 Å². The van der Waals surface area contributed by atoms with E-state index in [1.165, 1.54) is 11.8 Å². The molecule has 1 amide bonds. The van der Waals surface area contributed by atoms with Crippen molar-refractivity contribution in [2.75, 3.05) is 11.1 Å². The molecular weight excluding hydrogens is 314 g/mol. The molecule has 0 aliphatic carbocycles. The highest BCUT2D eigenvalue weighted by atomic mass is 32.2. The summed E-state index contributed by atoms with van der Waals surface area (Å²) in [5.74, 6) is -0.104. The fourth-order valence-electron chi connectivity index (χ4n) is 1.79. The lowest BCUT2D eigenvalue weighted by Crippen LogP contribution is -2.28. The molecule has 6 heteroatoms. The largest absolute Gasteiger partial charge is 0.369 e. The summed E-state index contributed by atoms with van der Waals surface area (Å²) in [6.07, 6.45) is 0. The van der Waals surface area contributed by atoms with E-state index in [4.69, 9.17) is 18.0 Å². The van der Waals surface area contributed by atoms with Crippen molar-refractivity contribution < 1.29 is 4.79 Å². The van der Waals surface area contributed by atoms with Crippen LogP contribution in [0.15, 0.2) is 59.5 Å². The zero-order chi connectivity index (χ0) is 15.8. The lowest BCUT2D eigenvalue weighted by Gasteiger charge is -2.13. The Balaban J connectivity index is 1.92. The number of primary amides is 1. The molecule has 4 nitrogen and oxygen atoms in total. The Morgan fingerprint density at radius 3 is 2.50 bits per heavy atom. The molecule has 2 aromatic carbocycles. The monoisotopic (exact) mass is 331 g/mol. The van der Waals surface area contributed by atoms with Crippen molar-refractivity contribution in [2.24, 2.45) is 5.73 Å². The van der Waals surface area contributed by atoms with Gasteiger partial charge in [0, 0.05) is 11.4 Å². The topological polar surface area (TPSA) is 67.2 Å². The van der Waals surface area contributed by atoms with Crippen LogP contribution in [0.1, 0.15) is 5.56 Å². The number of nitrogens with two attached hydrogens (primary N) is 1. The minimum absolute atomic E-state index is 0.239. The Kier molecular flexibility index (Phi) is 6.24. The molecule has 0 aromatic heterocycles. The second kappa shape index (κ2) is 8.41. The highest BCUT2D eigenvalue weighted by molar-refractivity contribution is 8.00. The molecule has 0 unspecified atom stereocenters. The maximum atomic E-state index is 10.9. The summed E-state index contributed by atoms with van der Waals surface area (Å²) in [6.45, 7) is 0.656. The van der Waals surface area contributed by atoms with Crippen LogP contribution >= 0.6 is 24.0 Å². The van der Waals surface area contributed by atoms with Gasteiger partial charge in [-0.2, -0.15) is 0 Å². The van der Waals surface area contributed by atoms with Crippen LogP contribution in [0.5, 0.6) is 0 Å². The molecule has 0 atom stereocenters. The number of nitrogens with one attached hydrogen (secondary N) is 2. The zero-order valence-corrected chi connectivity index (χ0v) is 13.5. The van der Waals surface area contributed by atoms with Crippen LogP contribution in [0.4, 0.5) is 5.69 Å². The number of carbonyl (C=O) groups is 1. The molecule has 0 aliphatic heterocycles. The summed E-state index contributed by atoms with van der Waals surface area (Å²) in [5.41, 5.74) is 7.20. The second-order valence-corrected chi connectivity index (χ2v) is 5.97. The van der Waals surface area contributed by atoms with Crippen molar-refractivity contribution in [3.63, 3.8) is 0 Å². The predicted molar refractivity (Wildman–Crippen MR) is 95.9 cm³/mol. The normalized spacial score (nSPS) is 10.0. The number of benzene rings is 2. The van der Waals surface area contributed by atoms with Gasteiger partial charge in [-0.25, -0.2) is 0 Å². The van der Waals surface area contributed by atoms with Gasteiger partial charge in [0.25, 0.3) is 0 Å². The Morgan fingerprint density at radius 1 is 1.09 bits per heavy atom. The molecule has 0 bridgehead atoms. The quantitative estimate of drug-likeness (QED) is 0.561. The molecule has 22 heavy (non-hydrogen) atoms. The van der Waals surface area contributed by atoms with E-state index in [1.807, 2.05) is 54.6 Å². The van der Waals surface area contributed by atoms with Gasteiger partial charge in [-0.1, -0.05) is 42.5 Å². The maximum Gasteiger partial charge on any atom is 0.227 e. The fourth-order valence-corrected chi connectivity index (χ4v) is 2.72. The number of amides is 1. The first-order valence-corrected chi connectivity index (χ1v) is 8.13. The van der Waals surface area contributed by atoms with Gasteiger partial charge >= 0.3 is 0 Å².